The molecule has 3 aromatic rings. The molecule has 0 aliphatic carbocycles. The number of nitrogens with zero attached hydrogens (tertiary/aromatic N) is 1. The van der Waals surface area contributed by atoms with E-state index >= 15 is 0 Å². The topological polar surface area (TPSA) is 61.6 Å². The summed E-state index contributed by atoms with van der Waals surface area (Å²) in [4.78, 5) is 15.9. The summed E-state index contributed by atoms with van der Waals surface area (Å²) in [6.07, 6.45) is 3.79. The van der Waals surface area contributed by atoms with E-state index in [-0.39, 0.29) is 5.97 Å². The number of rotatable bonds is 8. The average molecular weight is 377 g/mol. The maximum Gasteiger partial charge on any atom is 0.330 e. The van der Waals surface area contributed by atoms with Crippen LogP contribution in [0.1, 0.15) is 23.9 Å². The molecule has 3 rings (SSSR count). The van der Waals surface area contributed by atoms with E-state index in [1.165, 1.54) is 6.08 Å². The van der Waals surface area contributed by atoms with Crippen LogP contribution in [0.5, 0.6) is 5.75 Å². The normalized spacial score (nSPS) is 10.9. The molecule has 0 atom stereocenters. The molecule has 5 nitrogen and oxygen atoms in total. The van der Waals surface area contributed by atoms with Gasteiger partial charge in [0.2, 0.25) is 5.89 Å². The van der Waals surface area contributed by atoms with E-state index in [4.69, 9.17) is 13.9 Å². The van der Waals surface area contributed by atoms with Gasteiger partial charge in [-0.05, 0) is 49.8 Å². The van der Waals surface area contributed by atoms with Crippen molar-refractivity contribution in [1.82, 2.24) is 4.98 Å². The second kappa shape index (κ2) is 9.55. The first-order chi connectivity index (χ1) is 13.7. The number of ether oxygens (including phenoxy) is 2. The fourth-order valence-electron chi connectivity index (χ4n) is 2.66. The first-order valence-corrected chi connectivity index (χ1v) is 9.25. The summed E-state index contributed by atoms with van der Waals surface area (Å²) in [6, 6.07) is 17.4. The van der Waals surface area contributed by atoms with Gasteiger partial charge in [-0.3, -0.25) is 0 Å². The van der Waals surface area contributed by atoms with Crippen LogP contribution < -0.4 is 4.74 Å². The molecular weight excluding hydrogens is 354 g/mol. The van der Waals surface area contributed by atoms with Crippen LogP contribution in [0.3, 0.4) is 0 Å². The Labute approximate surface area is 164 Å². The smallest absolute Gasteiger partial charge is 0.330 e. The number of hydrogen-bond acceptors (Lipinski definition) is 5. The number of carbonyl (C=O) groups is 1. The second-order valence-corrected chi connectivity index (χ2v) is 6.14. The van der Waals surface area contributed by atoms with Gasteiger partial charge in [0.05, 0.1) is 18.9 Å². The predicted molar refractivity (Wildman–Crippen MR) is 108 cm³/mol. The van der Waals surface area contributed by atoms with E-state index < -0.39 is 0 Å². The van der Waals surface area contributed by atoms with Crippen LogP contribution in [0.2, 0.25) is 0 Å². The van der Waals surface area contributed by atoms with Gasteiger partial charge >= 0.3 is 5.97 Å². The zero-order valence-corrected chi connectivity index (χ0v) is 16.1. The predicted octanol–water partition coefficient (Wildman–Crippen LogP) is 4.85. The minimum Gasteiger partial charge on any atom is -0.493 e. The van der Waals surface area contributed by atoms with Gasteiger partial charge in [0.25, 0.3) is 0 Å². The van der Waals surface area contributed by atoms with Crippen molar-refractivity contribution in [1.29, 1.82) is 0 Å². The van der Waals surface area contributed by atoms with Gasteiger partial charge < -0.3 is 13.9 Å². The van der Waals surface area contributed by atoms with Crippen molar-refractivity contribution >= 4 is 12.0 Å². The molecule has 0 N–H and O–H groups in total. The van der Waals surface area contributed by atoms with E-state index in [0.29, 0.717) is 25.5 Å². The first kappa shape index (κ1) is 19.4. The van der Waals surface area contributed by atoms with Gasteiger partial charge in [-0.25, -0.2) is 9.78 Å². The largest absolute Gasteiger partial charge is 0.493 e. The van der Waals surface area contributed by atoms with Crippen molar-refractivity contribution < 1.29 is 18.7 Å². The Bertz CT molecular complexity index is 927. The first-order valence-electron chi connectivity index (χ1n) is 9.25. The summed E-state index contributed by atoms with van der Waals surface area (Å²) in [5, 5.41) is 0. The van der Waals surface area contributed by atoms with E-state index in [9.17, 15) is 4.79 Å². The fraction of sp³-hybridized carbons (Fsp3) is 0.217. The van der Waals surface area contributed by atoms with Crippen molar-refractivity contribution in [3.8, 4) is 17.2 Å². The highest BCUT2D eigenvalue weighted by Gasteiger charge is 2.11. The summed E-state index contributed by atoms with van der Waals surface area (Å²) >= 11 is 0. The van der Waals surface area contributed by atoms with Crippen LogP contribution >= 0.6 is 0 Å². The Balaban J connectivity index is 1.53. The van der Waals surface area contributed by atoms with Crippen molar-refractivity contribution in [3.63, 3.8) is 0 Å². The lowest BCUT2D eigenvalue weighted by atomic mass is 10.2. The lowest BCUT2D eigenvalue weighted by molar-refractivity contribution is -0.137. The summed E-state index contributed by atoms with van der Waals surface area (Å²) < 4.78 is 16.4. The number of hydrogen-bond donors (Lipinski definition) is 0. The second-order valence-electron chi connectivity index (χ2n) is 6.14. The SMILES string of the molecule is CCOC(=O)/C=C/c1ccc(OCCc2nc(-c3ccccc3)oc2C)cc1. The number of benzene rings is 2. The van der Waals surface area contributed by atoms with E-state index in [0.717, 1.165) is 28.3 Å². The Morgan fingerprint density at radius 2 is 1.86 bits per heavy atom. The molecule has 0 amide bonds. The van der Waals surface area contributed by atoms with E-state index in [2.05, 4.69) is 4.98 Å². The van der Waals surface area contributed by atoms with Crippen LogP contribution in [-0.4, -0.2) is 24.2 Å². The molecule has 0 bridgehead atoms. The number of aryl methyl sites for hydroxylation is 1. The van der Waals surface area contributed by atoms with Gasteiger partial charge in [0.15, 0.2) is 0 Å². The van der Waals surface area contributed by atoms with Gasteiger partial charge in [-0.2, -0.15) is 0 Å². The molecule has 0 unspecified atom stereocenters. The minimum absolute atomic E-state index is 0.347. The lowest BCUT2D eigenvalue weighted by Gasteiger charge is -2.05. The van der Waals surface area contributed by atoms with Crippen molar-refractivity contribution in [3.05, 3.63) is 77.7 Å². The number of carbonyl (C=O) groups excluding carboxylic acids is 1. The number of oxazole rings is 1. The maximum atomic E-state index is 11.3. The molecule has 0 saturated carbocycles. The van der Waals surface area contributed by atoms with Crippen LogP contribution in [0.25, 0.3) is 17.5 Å². The molecule has 0 aliphatic heterocycles. The van der Waals surface area contributed by atoms with Crippen molar-refractivity contribution in [2.75, 3.05) is 13.2 Å². The molecule has 0 radical (unpaired) electrons. The van der Waals surface area contributed by atoms with Gasteiger partial charge in [0, 0.05) is 18.1 Å². The molecule has 144 valence electrons. The molecule has 0 spiro atoms. The number of esters is 1. The molecular formula is C23H23NO4. The minimum atomic E-state index is -0.347. The molecule has 0 fully saturated rings. The summed E-state index contributed by atoms with van der Waals surface area (Å²) in [7, 11) is 0. The van der Waals surface area contributed by atoms with E-state index in [1.807, 2.05) is 61.5 Å². The monoisotopic (exact) mass is 377 g/mol. The van der Waals surface area contributed by atoms with E-state index in [1.54, 1.807) is 13.0 Å². The van der Waals surface area contributed by atoms with Gasteiger partial charge in [-0.1, -0.05) is 30.3 Å². The average Bonchev–Trinajstić information content (AvgIpc) is 3.09. The molecule has 0 aliphatic rings. The third-order valence-corrected chi connectivity index (χ3v) is 4.10. The Kier molecular flexibility index (Phi) is 6.63. The van der Waals surface area contributed by atoms with Crippen LogP contribution in [-0.2, 0) is 16.0 Å². The quantitative estimate of drug-likeness (QED) is 0.415. The zero-order valence-electron chi connectivity index (χ0n) is 16.1. The highest BCUT2D eigenvalue weighted by Crippen LogP contribution is 2.22. The van der Waals surface area contributed by atoms with Crippen molar-refractivity contribution in [2.45, 2.75) is 20.3 Å². The van der Waals surface area contributed by atoms with Gasteiger partial charge in [-0.15, -0.1) is 0 Å². The van der Waals surface area contributed by atoms with Crippen LogP contribution in [0.15, 0.2) is 65.1 Å². The third-order valence-electron chi connectivity index (χ3n) is 4.10. The Morgan fingerprint density at radius 1 is 1.11 bits per heavy atom. The molecule has 28 heavy (non-hydrogen) atoms. The summed E-state index contributed by atoms with van der Waals surface area (Å²) in [5.41, 5.74) is 2.76. The number of aromatic nitrogens is 1. The fourth-order valence-corrected chi connectivity index (χ4v) is 2.66. The molecule has 1 aromatic heterocycles. The van der Waals surface area contributed by atoms with Crippen LogP contribution in [0, 0.1) is 6.92 Å². The zero-order chi connectivity index (χ0) is 19.8. The lowest BCUT2D eigenvalue weighted by Crippen LogP contribution is -2.02. The Morgan fingerprint density at radius 3 is 2.57 bits per heavy atom. The highest BCUT2D eigenvalue weighted by molar-refractivity contribution is 5.87. The molecule has 5 heteroatoms. The maximum absolute atomic E-state index is 11.3. The third kappa shape index (κ3) is 5.33. The summed E-state index contributed by atoms with van der Waals surface area (Å²) in [5.74, 6) is 1.85. The molecule has 2 aromatic carbocycles. The molecule has 1 heterocycles. The molecule has 0 saturated heterocycles. The standard InChI is InChI=1S/C23H23NO4/c1-3-26-22(25)14-11-18-9-12-20(13-10-18)27-16-15-21-17(2)28-23(24-21)19-7-5-4-6-8-19/h4-14H,3,15-16H2,1-2H3/b14-11+. The van der Waals surface area contributed by atoms with Crippen molar-refractivity contribution in [2.24, 2.45) is 0 Å². The Hall–Kier alpha value is -3.34. The summed E-state index contributed by atoms with van der Waals surface area (Å²) in [6.45, 7) is 4.56. The van der Waals surface area contributed by atoms with Crippen LogP contribution in [0.4, 0.5) is 0 Å². The highest BCUT2D eigenvalue weighted by atomic mass is 16.5. The van der Waals surface area contributed by atoms with Gasteiger partial charge in [0.1, 0.15) is 11.5 Å².